The van der Waals surface area contributed by atoms with Gasteiger partial charge in [0.05, 0.1) is 16.8 Å². The number of thioether (sulfide) groups is 1. The van der Waals surface area contributed by atoms with Gasteiger partial charge in [-0.25, -0.2) is 9.66 Å². The Bertz CT molecular complexity index is 1130. The summed E-state index contributed by atoms with van der Waals surface area (Å²) >= 11 is 1.59. The lowest BCUT2D eigenvalue weighted by molar-refractivity contribution is -0.123. The van der Waals surface area contributed by atoms with Crippen molar-refractivity contribution < 1.29 is 9.59 Å². The zero-order valence-corrected chi connectivity index (χ0v) is 16.0. The van der Waals surface area contributed by atoms with Gasteiger partial charge in [-0.15, -0.1) is 11.8 Å². The highest BCUT2D eigenvalue weighted by molar-refractivity contribution is 7.98. The van der Waals surface area contributed by atoms with Gasteiger partial charge in [-0.1, -0.05) is 18.2 Å². The van der Waals surface area contributed by atoms with E-state index in [0.29, 0.717) is 10.9 Å². The molecule has 8 heteroatoms. The number of hydrogen-bond donors (Lipinski definition) is 1. The van der Waals surface area contributed by atoms with E-state index in [1.165, 1.54) is 6.33 Å². The monoisotopic (exact) mass is 394 g/mol. The Hall–Kier alpha value is -3.13. The molecule has 0 radical (unpaired) electrons. The zero-order valence-electron chi connectivity index (χ0n) is 15.2. The van der Waals surface area contributed by atoms with Gasteiger partial charge < -0.3 is 4.90 Å². The summed E-state index contributed by atoms with van der Waals surface area (Å²) in [5.74, 6) is -1.03. The molecule has 1 aliphatic heterocycles. The number of fused-ring (bicyclic) bond motifs is 1. The van der Waals surface area contributed by atoms with E-state index in [1.54, 1.807) is 40.9 Å². The predicted octanol–water partition coefficient (Wildman–Crippen LogP) is 2.24. The van der Waals surface area contributed by atoms with Crippen molar-refractivity contribution in [2.24, 2.45) is 5.92 Å². The summed E-state index contributed by atoms with van der Waals surface area (Å²) in [4.78, 5) is 44.5. The quantitative estimate of drug-likeness (QED) is 0.686. The third kappa shape index (κ3) is 3.38. The van der Waals surface area contributed by atoms with Crippen molar-refractivity contribution in [3.05, 3.63) is 65.2 Å². The van der Waals surface area contributed by atoms with Gasteiger partial charge in [0.25, 0.3) is 5.56 Å². The molecule has 28 heavy (non-hydrogen) atoms. The normalized spacial score (nSPS) is 16.5. The maximum atomic E-state index is 12.7. The van der Waals surface area contributed by atoms with Crippen LogP contribution in [-0.4, -0.2) is 34.3 Å². The number of carbonyl (C=O) groups excluding carboxylic acids is 2. The van der Waals surface area contributed by atoms with E-state index in [0.717, 1.165) is 15.3 Å². The largest absolute Gasteiger partial charge is 0.312 e. The first-order valence-corrected chi connectivity index (χ1v) is 10.0. The number of benzene rings is 2. The summed E-state index contributed by atoms with van der Waals surface area (Å²) in [5.41, 5.74) is 3.56. The fourth-order valence-electron chi connectivity index (χ4n) is 3.27. The van der Waals surface area contributed by atoms with E-state index >= 15 is 0 Å². The summed E-state index contributed by atoms with van der Waals surface area (Å²) < 4.78 is 1.08. The van der Waals surface area contributed by atoms with Gasteiger partial charge in [-0.3, -0.25) is 19.8 Å². The van der Waals surface area contributed by atoms with Crippen molar-refractivity contribution in [2.45, 2.75) is 11.3 Å². The van der Waals surface area contributed by atoms with Gasteiger partial charge in [0, 0.05) is 23.5 Å². The molecule has 0 spiro atoms. The Balaban J connectivity index is 1.52. The highest BCUT2D eigenvalue weighted by Gasteiger charge is 2.35. The van der Waals surface area contributed by atoms with E-state index < -0.39 is 5.92 Å². The van der Waals surface area contributed by atoms with Crippen molar-refractivity contribution in [3.63, 3.8) is 0 Å². The molecule has 0 saturated carbocycles. The molecule has 2 aromatic carbocycles. The number of anilines is 1. The second-order valence-electron chi connectivity index (χ2n) is 6.52. The van der Waals surface area contributed by atoms with Gasteiger partial charge in [0.1, 0.15) is 6.33 Å². The van der Waals surface area contributed by atoms with Crippen LogP contribution in [0.1, 0.15) is 6.42 Å². The lowest BCUT2D eigenvalue weighted by atomic mass is 10.1. The molecule has 3 aromatic rings. The Labute approximate surface area is 165 Å². The minimum absolute atomic E-state index is 0.102. The van der Waals surface area contributed by atoms with E-state index in [2.05, 4.69) is 10.4 Å². The fourth-order valence-corrected chi connectivity index (χ4v) is 3.72. The molecular weight excluding hydrogens is 376 g/mol. The molecule has 1 atom stereocenters. The van der Waals surface area contributed by atoms with Crippen LogP contribution in [0.4, 0.5) is 5.69 Å². The number of nitrogens with one attached hydrogen (secondary N) is 1. The van der Waals surface area contributed by atoms with Crippen LogP contribution in [0, 0.1) is 5.92 Å². The Morgan fingerprint density at radius 3 is 2.82 bits per heavy atom. The van der Waals surface area contributed by atoms with E-state index in [-0.39, 0.29) is 30.3 Å². The predicted molar refractivity (Wildman–Crippen MR) is 109 cm³/mol. The van der Waals surface area contributed by atoms with Crippen LogP contribution in [0.15, 0.2) is 64.5 Å². The van der Waals surface area contributed by atoms with Crippen LogP contribution in [-0.2, 0) is 9.59 Å². The number of carbonyl (C=O) groups is 2. The second kappa shape index (κ2) is 7.47. The highest BCUT2D eigenvalue weighted by atomic mass is 32.2. The van der Waals surface area contributed by atoms with Gasteiger partial charge >= 0.3 is 0 Å². The summed E-state index contributed by atoms with van der Waals surface area (Å²) in [6.07, 6.45) is 3.36. The highest BCUT2D eigenvalue weighted by Crippen LogP contribution is 2.28. The van der Waals surface area contributed by atoms with E-state index in [9.17, 15) is 14.4 Å². The molecule has 0 unspecified atom stereocenters. The molecule has 0 aliphatic carbocycles. The molecule has 1 aliphatic rings. The van der Waals surface area contributed by atoms with E-state index in [1.807, 2.05) is 30.5 Å². The smallest absolute Gasteiger partial charge is 0.280 e. The third-order valence-corrected chi connectivity index (χ3v) is 5.48. The van der Waals surface area contributed by atoms with Crippen molar-refractivity contribution in [2.75, 3.05) is 23.1 Å². The molecule has 2 amide bonds. The van der Waals surface area contributed by atoms with Crippen molar-refractivity contribution in [1.82, 2.24) is 9.66 Å². The maximum Gasteiger partial charge on any atom is 0.280 e. The Kier molecular flexibility index (Phi) is 4.87. The molecule has 2 heterocycles. The number of aromatic nitrogens is 2. The van der Waals surface area contributed by atoms with Gasteiger partial charge in [0.15, 0.2) is 0 Å². The molecule has 1 N–H and O–H groups in total. The first kappa shape index (κ1) is 18.2. The fraction of sp³-hybridized carbons (Fsp3) is 0.200. The number of nitrogens with zero attached hydrogens (tertiary/aromatic N) is 3. The number of para-hydroxylation sites is 1. The van der Waals surface area contributed by atoms with Crippen LogP contribution in [0.5, 0.6) is 0 Å². The van der Waals surface area contributed by atoms with Crippen molar-refractivity contribution >= 4 is 40.2 Å². The topological polar surface area (TPSA) is 84.3 Å². The van der Waals surface area contributed by atoms with Crippen molar-refractivity contribution in [1.29, 1.82) is 0 Å². The average molecular weight is 394 g/mol. The van der Waals surface area contributed by atoms with E-state index in [4.69, 9.17) is 0 Å². The van der Waals surface area contributed by atoms with Gasteiger partial charge in [-0.2, -0.15) is 0 Å². The van der Waals surface area contributed by atoms with Crippen LogP contribution in [0.25, 0.3) is 10.9 Å². The number of hydrogen-bond acceptors (Lipinski definition) is 5. The second-order valence-corrected chi connectivity index (χ2v) is 7.40. The maximum absolute atomic E-state index is 12.7. The number of rotatable bonds is 4. The first-order chi connectivity index (χ1) is 13.6. The molecular formula is C20H18N4O3S. The van der Waals surface area contributed by atoms with Crippen LogP contribution < -0.4 is 15.9 Å². The molecule has 1 saturated heterocycles. The molecule has 4 rings (SSSR count). The first-order valence-electron chi connectivity index (χ1n) is 8.78. The van der Waals surface area contributed by atoms with Crippen LogP contribution in [0.3, 0.4) is 0 Å². The zero-order chi connectivity index (χ0) is 19.7. The summed E-state index contributed by atoms with van der Waals surface area (Å²) in [6.45, 7) is 0.276. The van der Waals surface area contributed by atoms with Gasteiger partial charge in [0.2, 0.25) is 11.8 Å². The Morgan fingerprint density at radius 2 is 2.00 bits per heavy atom. The summed E-state index contributed by atoms with van der Waals surface area (Å²) in [7, 11) is 0. The Morgan fingerprint density at radius 1 is 1.18 bits per heavy atom. The molecule has 1 fully saturated rings. The number of amides is 2. The molecule has 7 nitrogen and oxygen atoms in total. The van der Waals surface area contributed by atoms with Gasteiger partial charge in [-0.05, 0) is 36.6 Å². The minimum atomic E-state index is -0.538. The average Bonchev–Trinajstić information content (AvgIpc) is 3.12. The lowest BCUT2D eigenvalue weighted by Crippen LogP contribution is -2.37. The standard InChI is InChI=1S/C20H18N4O3S/c1-28-15-6-4-5-14(10-15)23-11-13(9-18(23)25)19(26)22-24-12-21-17-8-3-2-7-16(17)20(24)27/h2-8,10,12-13H,9,11H2,1H3,(H,22,26)/t13-/m0/s1. The third-order valence-electron chi connectivity index (χ3n) is 4.76. The van der Waals surface area contributed by atoms with Crippen LogP contribution in [0.2, 0.25) is 0 Å². The minimum Gasteiger partial charge on any atom is -0.312 e. The van der Waals surface area contributed by atoms with Crippen molar-refractivity contribution in [3.8, 4) is 0 Å². The van der Waals surface area contributed by atoms with Crippen LogP contribution >= 0.6 is 11.8 Å². The molecule has 1 aromatic heterocycles. The summed E-state index contributed by atoms with van der Waals surface area (Å²) in [6, 6.07) is 14.6. The molecule has 0 bridgehead atoms. The molecule has 142 valence electrons. The lowest BCUT2D eigenvalue weighted by Gasteiger charge is -2.17. The summed E-state index contributed by atoms with van der Waals surface area (Å²) in [5, 5.41) is 0.420. The SMILES string of the molecule is CSc1cccc(N2C[C@@H](C(=O)Nn3cnc4ccccc4c3=O)CC2=O)c1.